The highest BCUT2D eigenvalue weighted by Gasteiger charge is 2.35. The molecular weight excluding hydrogens is 409 g/mol. The van der Waals surface area contributed by atoms with Crippen LogP contribution in [0.1, 0.15) is 23.8 Å². The second kappa shape index (κ2) is 9.15. The molecule has 2 aromatic rings. The van der Waals surface area contributed by atoms with Crippen molar-refractivity contribution in [1.29, 1.82) is 0 Å². The Balaban J connectivity index is 2.11. The zero-order valence-corrected chi connectivity index (χ0v) is 16.1. The predicted octanol–water partition coefficient (Wildman–Crippen LogP) is 4.60. The molecule has 0 aliphatic heterocycles. The number of rotatable bonds is 7. The number of carbonyl (C=O) groups excluding carboxylic acids is 1. The summed E-state index contributed by atoms with van der Waals surface area (Å²) in [6.45, 7) is 1.71. The maximum atomic E-state index is 12.5. The van der Waals surface area contributed by atoms with Crippen molar-refractivity contribution in [3.63, 3.8) is 0 Å². The van der Waals surface area contributed by atoms with Crippen LogP contribution in [-0.2, 0) is 20.4 Å². The van der Waals surface area contributed by atoms with Crippen molar-refractivity contribution in [2.24, 2.45) is 0 Å². The van der Waals surface area contributed by atoms with Crippen LogP contribution in [0.5, 0.6) is 0 Å². The van der Waals surface area contributed by atoms with Gasteiger partial charge in [-0.3, -0.25) is 4.57 Å². The Labute approximate surface area is 154 Å². The molecule has 2 rings (SSSR count). The number of benzene rings is 2. The van der Waals surface area contributed by atoms with Crippen molar-refractivity contribution in [3.8, 4) is 0 Å². The summed E-state index contributed by atoms with van der Waals surface area (Å²) in [4.78, 5) is 22.3. The molecule has 0 saturated heterocycles. The van der Waals surface area contributed by atoms with Gasteiger partial charge >= 0.3 is 13.7 Å². The lowest BCUT2D eigenvalue weighted by Gasteiger charge is -2.23. The number of hydrogen-bond acceptors (Lipinski definition) is 4. The lowest BCUT2D eigenvalue weighted by atomic mass is 10.2. The number of alkyl carbamates (subject to hydrolysis) is 1. The maximum Gasteiger partial charge on any atom is 0.408 e. The van der Waals surface area contributed by atoms with Crippen LogP contribution in [0.2, 0.25) is 0 Å². The highest BCUT2D eigenvalue weighted by molar-refractivity contribution is 9.10. The van der Waals surface area contributed by atoms with E-state index < -0.39 is 19.5 Å². The molecule has 2 aromatic carbocycles. The quantitative estimate of drug-likeness (QED) is 0.630. The Morgan fingerprint density at radius 2 is 1.84 bits per heavy atom. The van der Waals surface area contributed by atoms with Crippen LogP contribution >= 0.6 is 23.5 Å². The van der Waals surface area contributed by atoms with Crippen molar-refractivity contribution in [1.82, 2.24) is 5.32 Å². The third-order valence-corrected chi connectivity index (χ3v) is 5.53. The van der Waals surface area contributed by atoms with Crippen molar-refractivity contribution in [2.45, 2.75) is 19.3 Å². The predicted molar refractivity (Wildman–Crippen MR) is 98.1 cm³/mol. The number of carbonyl (C=O) groups is 1. The number of amides is 1. The van der Waals surface area contributed by atoms with Gasteiger partial charge in [0.1, 0.15) is 6.61 Å². The Hall–Kier alpha value is -1.66. The molecule has 0 fully saturated rings. The van der Waals surface area contributed by atoms with Crippen molar-refractivity contribution < 1.29 is 23.5 Å². The summed E-state index contributed by atoms with van der Waals surface area (Å²) >= 11 is 3.30. The average Bonchev–Trinajstić information content (AvgIpc) is 2.59. The zero-order chi connectivity index (χ0) is 18.3. The summed E-state index contributed by atoms with van der Waals surface area (Å²) < 4.78 is 23.4. The third-order valence-electron chi connectivity index (χ3n) is 3.29. The molecule has 0 aliphatic carbocycles. The minimum atomic E-state index is -4.12. The monoisotopic (exact) mass is 427 g/mol. The molecule has 134 valence electrons. The van der Waals surface area contributed by atoms with E-state index >= 15 is 0 Å². The fraction of sp³-hybridized carbons (Fsp3) is 0.235. The first kappa shape index (κ1) is 19.7. The SMILES string of the molecule is CCOP(=O)(O)C(NC(=O)OCc1ccccc1)c1ccc(Br)cc1. The molecule has 0 bridgehead atoms. The molecule has 0 aromatic heterocycles. The van der Waals surface area contributed by atoms with Crippen molar-refractivity contribution in [3.05, 3.63) is 70.2 Å². The van der Waals surface area contributed by atoms with Crippen LogP contribution in [0.15, 0.2) is 59.1 Å². The number of hydrogen-bond donors (Lipinski definition) is 2. The van der Waals surface area contributed by atoms with Crippen LogP contribution in [-0.4, -0.2) is 17.6 Å². The average molecular weight is 428 g/mol. The van der Waals surface area contributed by atoms with Gasteiger partial charge in [-0.2, -0.15) is 0 Å². The topological polar surface area (TPSA) is 84.9 Å². The first-order valence-corrected chi connectivity index (χ1v) is 10.1. The number of nitrogens with one attached hydrogen (secondary N) is 1. The van der Waals surface area contributed by atoms with E-state index in [0.717, 1.165) is 10.0 Å². The van der Waals surface area contributed by atoms with Gasteiger partial charge in [-0.25, -0.2) is 4.79 Å². The fourth-order valence-electron chi connectivity index (χ4n) is 2.13. The Bertz CT molecular complexity index is 738. The van der Waals surface area contributed by atoms with E-state index in [2.05, 4.69) is 21.2 Å². The maximum absolute atomic E-state index is 12.5. The van der Waals surface area contributed by atoms with E-state index in [-0.39, 0.29) is 13.2 Å². The summed E-state index contributed by atoms with van der Waals surface area (Å²) in [6.07, 6.45) is -0.800. The Kier molecular flexibility index (Phi) is 7.20. The van der Waals surface area contributed by atoms with Gasteiger partial charge in [0.2, 0.25) is 0 Å². The second-order valence-electron chi connectivity index (χ2n) is 5.14. The normalized spacial score (nSPS) is 14.4. The molecule has 0 spiro atoms. The molecule has 2 unspecified atom stereocenters. The summed E-state index contributed by atoms with van der Waals surface area (Å²) in [5.41, 5.74) is 1.26. The van der Waals surface area contributed by atoms with Gasteiger partial charge < -0.3 is 19.5 Å². The largest absolute Gasteiger partial charge is 0.445 e. The first-order valence-electron chi connectivity index (χ1n) is 7.62. The summed E-state index contributed by atoms with van der Waals surface area (Å²) in [7, 11) is -4.12. The highest BCUT2D eigenvalue weighted by Crippen LogP contribution is 2.54. The van der Waals surface area contributed by atoms with E-state index in [9.17, 15) is 14.3 Å². The standard InChI is InChI=1S/C17H19BrNO5P/c1-2-24-25(21,22)16(14-8-10-15(18)11-9-14)19-17(20)23-12-13-6-4-3-5-7-13/h3-11,16H,2,12H2,1H3,(H,19,20)(H,21,22). The van der Waals surface area contributed by atoms with Gasteiger partial charge in [0.25, 0.3) is 0 Å². The molecule has 1 amide bonds. The lowest BCUT2D eigenvalue weighted by molar-refractivity contribution is 0.136. The Morgan fingerprint density at radius 1 is 1.20 bits per heavy atom. The minimum Gasteiger partial charge on any atom is -0.445 e. The summed E-state index contributed by atoms with van der Waals surface area (Å²) in [5, 5.41) is 2.43. The van der Waals surface area contributed by atoms with Crippen LogP contribution in [0, 0.1) is 0 Å². The summed E-state index contributed by atoms with van der Waals surface area (Å²) in [6, 6.07) is 15.8. The molecule has 0 saturated carbocycles. The third kappa shape index (κ3) is 5.97. The number of halogens is 1. The van der Waals surface area contributed by atoms with Crippen LogP contribution in [0.4, 0.5) is 4.79 Å². The van der Waals surface area contributed by atoms with Gasteiger partial charge in [-0.05, 0) is 30.2 Å². The molecule has 8 heteroatoms. The van der Waals surface area contributed by atoms with Crippen LogP contribution in [0.25, 0.3) is 0 Å². The second-order valence-corrected chi connectivity index (χ2v) is 7.96. The highest BCUT2D eigenvalue weighted by atomic mass is 79.9. The van der Waals surface area contributed by atoms with E-state index in [1.54, 1.807) is 31.2 Å². The van der Waals surface area contributed by atoms with E-state index in [0.29, 0.717) is 5.56 Å². The van der Waals surface area contributed by atoms with Gasteiger partial charge in [-0.1, -0.05) is 58.4 Å². The van der Waals surface area contributed by atoms with E-state index in [4.69, 9.17) is 9.26 Å². The van der Waals surface area contributed by atoms with Crippen LogP contribution < -0.4 is 5.32 Å². The van der Waals surface area contributed by atoms with Gasteiger partial charge in [-0.15, -0.1) is 0 Å². The zero-order valence-electron chi connectivity index (χ0n) is 13.6. The molecule has 6 nitrogen and oxygen atoms in total. The molecule has 2 atom stereocenters. The smallest absolute Gasteiger partial charge is 0.408 e. The van der Waals surface area contributed by atoms with Crippen molar-refractivity contribution in [2.75, 3.05) is 6.61 Å². The van der Waals surface area contributed by atoms with Gasteiger partial charge in [0, 0.05) is 4.47 Å². The molecule has 2 N–H and O–H groups in total. The molecule has 0 radical (unpaired) electrons. The molecule has 0 heterocycles. The van der Waals surface area contributed by atoms with Gasteiger partial charge in [0.15, 0.2) is 5.78 Å². The van der Waals surface area contributed by atoms with Crippen LogP contribution in [0.3, 0.4) is 0 Å². The first-order chi connectivity index (χ1) is 11.9. The summed E-state index contributed by atoms with van der Waals surface area (Å²) in [5.74, 6) is -1.22. The minimum absolute atomic E-state index is 0.0432. The molecule has 25 heavy (non-hydrogen) atoms. The molecule has 0 aliphatic rings. The van der Waals surface area contributed by atoms with E-state index in [1.165, 1.54) is 0 Å². The Morgan fingerprint density at radius 3 is 2.44 bits per heavy atom. The number of ether oxygens (including phenoxy) is 1. The van der Waals surface area contributed by atoms with Gasteiger partial charge in [0.05, 0.1) is 6.61 Å². The molecular formula is C17H19BrNO5P. The van der Waals surface area contributed by atoms with E-state index in [1.807, 2.05) is 30.3 Å². The lowest BCUT2D eigenvalue weighted by Crippen LogP contribution is -2.29. The van der Waals surface area contributed by atoms with Crippen molar-refractivity contribution >= 4 is 29.6 Å². The fourth-order valence-corrected chi connectivity index (χ4v) is 3.74.